The molecule has 0 N–H and O–H groups in total. The number of rotatable bonds is 1. The van der Waals surface area contributed by atoms with Crippen LogP contribution in [-0.2, 0) is 14.5 Å². The van der Waals surface area contributed by atoms with Gasteiger partial charge in [-0.1, -0.05) is 6.92 Å². The van der Waals surface area contributed by atoms with Gasteiger partial charge in [-0.25, -0.2) is 8.57 Å². The van der Waals surface area contributed by atoms with Gasteiger partial charge < -0.3 is 4.74 Å². The first kappa shape index (κ1) is 9.46. The topological polar surface area (TPSA) is 38.7 Å². The third-order valence-electron chi connectivity index (χ3n) is 2.82. The molecule has 0 amide bonds. The van der Waals surface area contributed by atoms with Gasteiger partial charge >= 0.3 is 0 Å². The van der Waals surface area contributed by atoms with Crippen molar-refractivity contribution in [2.24, 2.45) is 10.3 Å². The molecule has 13 heavy (non-hydrogen) atoms. The van der Waals surface area contributed by atoms with Crippen LogP contribution < -0.4 is 0 Å². The molecule has 0 atom stereocenters. The maximum absolute atomic E-state index is 12.1. The molecule has 4 heteroatoms. The smallest absolute Gasteiger partial charge is 0.106 e. The summed E-state index contributed by atoms with van der Waals surface area (Å²) in [5.74, 6) is 2.36. The van der Waals surface area contributed by atoms with E-state index in [4.69, 9.17) is 4.74 Å². The lowest BCUT2D eigenvalue weighted by Gasteiger charge is -2.26. The molecule has 2 fully saturated rings. The fourth-order valence-electron chi connectivity index (χ4n) is 1.68. The minimum Gasteiger partial charge on any atom is -0.377 e. The number of hydrogen-bond acceptors (Lipinski definition) is 3. The van der Waals surface area contributed by atoms with E-state index in [9.17, 15) is 4.21 Å². The Morgan fingerprint density at radius 3 is 2.38 bits per heavy atom. The van der Waals surface area contributed by atoms with E-state index >= 15 is 0 Å². The number of nitrogens with zero attached hydrogens (tertiary/aromatic N) is 1. The molecule has 0 aromatic rings. The zero-order chi connectivity index (χ0) is 9.31. The number of hydrogen-bond donors (Lipinski definition) is 0. The lowest BCUT2D eigenvalue weighted by Crippen LogP contribution is -2.34. The molecule has 2 rings (SSSR count). The molecule has 0 unspecified atom stereocenters. The average molecular weight is 203 g/mol. The standard InChI is InChI=1S/C9H17NO2S/c1-8-2-4-13(11,5-3-8)10-9-6-12-7-9/h8-9H,2-7H2,1H3. The van der Waals surface area contributed by atoms with E-state index in [1.807, 2.05) is 0 Å². The highest BCUT2D eigenvalue weighted by molar-refractivity contribution is 7.93. The molecule has 2 aliphatic rings. The first-order valence-electron chi connectivity index (χ1n) is 4.97. The van der Waals surface area contributed by atoms with Gasteiger partial charge in [-0.15, -0.1) is 0 Å². The van der Waals surface area contributed by atoms with Crippen LogP contribution in [0.25, 0.3) is 0 Å². The van der Waals surface area contributed by atoms with Crippen molar-refractivity contribution >= 4 is 9.73 Å². The Bertz CT molecular complexity index is 276. The molecule has 0 aromatic heterocycles. The lowest BCUT2D eigenvalue weighted by atomic mass is 10.1. The van der Waals surface area contributed by atoms with E-state index in [1.54, 1.807) is 0 Å². The van der Waals surface area contributed by atoms with E-state index in [0.717, 1.165) is 30.3 Å². The van der Waals surface area contributed by atoms with Gasteiger partial charge in [0.1, 0.15) is 6.04 Å². The molecule has 0 bridgehead atoms. The van der Waals surface area contributed by atoms with Crippen molar-refractivity contribution in [1.29, 1.82) is 0 Å². The van der Waals surface area contributed by atoms with Gasteiger partial charge in [-0.3, -0.25) is 0 Å². The molecule has 0 saturated carbocycles. The Morgan fingerprint density at radius 1 is 1.31 bits per heavy atom. The van der Waals surface area contributed by atoms with Gasteiger partial charge in [0.25, 0.3) is 0 Å². The summed E-state index contributed by atoms with van der Waals surface area (Å²) in [6.45, 7) is 3.60. The van der Waals surface area contributed by atoms with Crippen molar-refractivity contribution < 1.29 is 8.95 Å². The van der Waals surface area contributed by atoms with E-state index in [2.05, 4.69) is 11.3 Å². The van der Waals surface area contributed by atoms with Crippen LogP contribution in [0, 0.1) is 5.92 Å². The molecule has 2 saturated heterocycles. The highest BCUT2D eigenvalue weighted by Gasteiger charge is 2.24. The largest absolute Gasteiger partial charge is 0.377 e. The van der Waals surface area contributed by atoms with Crippen LogP contribution in [0.3, 0.4) is 0 Å². The minimum atomic E-state index is -1.84. The van der Waals surface area contributed by atoms with Gasteiger partial charge in [0, 0.05) is 21.2 Å². The highest BCUT2D eigenvalue weighted by Crippen LogP contribution is 2.21. The molecule has 76 valence electrons. The minimum absolute atomic E-state index is 0.237. The summed E-state index contributed by atoms with van der Waals surface area (Å²) in [6.07, 6.45) is 2.16. The Balaban J connectivity index is 2.03. The predicted molar refractivity (Wildman–Crippen MR) is 53.3 cm³/mol. The third kappa shape index (κ3) is 2.23. The molecule has 3 nitrogen and oxygen atoms in total. The molecule has 0 aromatic carbocycles. The summed E-state index contributed by atoms with van der Waals surface area (Å²) < 4.78 is 21.6. The van der Waals surface area contributed by atoms with Crippen LogP contribution in [0.1, 0.15) is 19.8 Å². The van der Waals surface area contributed by atoms with Gasteiger partial charge in [0.2, 0.25) is 0 Å². The monoisotopic (exact) mass is 203 g/mol. The van der Waals surface area contributed by atoms with Crippen molar-refractivity contribution in [3.05, 3.63) is 0 Å². The SMILES string of the molecule is CC1CCS(=O)(=NC2COC2)CC1. The Kier molecular flexibility index (Phi) is 2.60. The van der Waals surface area contributed by atoms with Gasteiger partial charge in [-0.2, -0.15) is 0 Å². The van der Waals surface area contributed by atoms with Crippen LogP contribution >= 0.6 is 0 Å². The normalized spacial score (nSPS) is 41.2. The summed E-state index contributed by atoms with van der Waals surface area (Å²) in [6, 6.07) is 0.237. The van der Waals surface area contributed by atoms with E-state index in [-0.39, 0.29) is 6.04 Å². The fourth-order valence-corrected chi connectivity index (χ4v) is 4.30. The van der Waals surface area contributed by atoms with Gasteiger partial charge in [0.05, 0.1) is 13.2 Å². The Morgan fingerprint density at radius 2 is 1.92 bits per heavy atom. The quantitative estimate of drug-likeness (QED) is 0.644. The molecule has 0 radical (unpaired) electrons. The first-order chi connectivity index (χ1) is 6.18. The predicted octanol–water partition coefficient (Wildman–Crippen LogP) is 1.28. The molecule has 0 spiro atoms. The zero-order valence-electron chi connectivity index (χ0n) is 8.07. The molecular weight excluding hydrogens is 186 g/mol. The zero-order valence-corrected chi connectivity index (χ0v) is 8.89. The van der Waals surface area contributed by atoms with E-state index in [0.29, 0.717) is 13.2 Å². The van der Waals surface area contributed by atoms with Crippen molar-refractivity contribution in [3.8, 4) is 0 Å². The molecule has 2 heterocycles. The van der Waals surface area contributed by atoms with Crippen LogP contribution in [0.4, 0.5) is 0 Å². The van der Waals surface area contributed by atoms with E-state index < -0.39 is 9.73 Å². The molecule has 2 aliphatic heterocycles. The van der Waals surface area contributed by atoms with Crippen molar-refractivity contribution in [3.63, 3.8) is 0 Å². The number of ether oxygens (including phenoxy) is 1. The summed E-state index contributed by atoms with van der Waals surface area (Å²) >= 11 is 0. The van der Waals surface area contributed by atoms with Crippen molar-refractivity contribution in [2.75, 3.05) is 24.7 Å². The summed E-state index contributed by atoms with van der Waals surface area (Å²) in [7, 11) is -1.84. The van der Waals surface area contributed by atoms with Crippen molar-refractivity contribution in [2.45, 2.75) is 25.8 Å². The van der Waals surface area contributed by atoms with Crippen molar-refractivity contribution in [1.82, 2.24) is 0 Å². The Hall–Kier alpha value is -0.0900. The van der Waals surface area contributed by atoms with Crippen LogP contribution in [0.15, 0.2) is 4.36 Å². The highest BCUT2D eigenvalue weighted by atomic mass is 32.2. The molecule has 0 aliphatic carbocycles. The fraction of sp³-hybridized carbons (Fsp3) is 1.00. The van der Waals surface area contributed by atoms with Crippen LogP contribution in [0.5, 0.6) is 0 Å². The maximum Gasteiger partial charge on any atom is 0.106 e. The summed E-state index contributed by atoms with van der Waals surface area (Å²) in [5.41, 5.74) is 0. The summed E-state index contributed by atoms with van der Waals surface area (Å²) in [4.78, 5) is 0. The van der Waals surface area contributed by atoms with Crippen LogP contribution in [-0.4, -0.2) is 35.0 Å². The molecular formula is C9H17NO2S. The Labute approximate surface area is 80.0 Å². The second-order valence-corrected chi connectivity index (χ2v) is 6.73. The van der Waals surface area contributed by atoms with Gasteiger partial charge in [0.15, 0.2) is 0 Å². The lowest BCUT2D eigenvalue weighted by molar-refractivity contribution is 0.0140. The van der Waals surface area contributed by atoms with E-state index in [1.165, 1.54) is 0 Å². The third-order valence-corrected chi connectivity index (χ3v) is 5.25. The van der Waals surface area contributed by atoms with Crippen LogP contribution in [0.2, 0.25) is 0 Å². The average Bonchev–Trinajstić information content (AvgIpc) is 2.05. The second-order valence-electron chi connectivity index (χ2n) is 4.16. The second kappa shape index (κ2) is 3.58. The maximum atomic E-state index is 12.1. The summed E-state index contributed by atoms with van der Waals surface area (Å²) in [5, 5.41) is 0. The first-order valence-corrected chi connectivity index (χ1v) is 6.83. The van der Waals surface area contributed by atoms with Gasteiger partial charge in [-0.05, 0) is 18.8 Å².